The fourth-order valence-electron chi connectivity index (χ4n) is 1.79. The molecule has 0 aliphatic heterocycles. The van der Waals surface area contributed by atoms with E-state index in [4.69, 9.17) is 5.73 Å². The van der Waals surface area contributed by atoms with Crippen LogP contribution in [0, 0.1) is 5.82 Å². The maximum absolute atomic E-state index is 13.9. The van der Waals surface area contributed by atoms with Crippen molar-refractivity contribution in [1.82, 2.24) is 0 Å². The summed E-state index contributed by atoms with van der Waals surface area (Å²) in [6, 6.07) is 10.7. The Balaban J connectivity index is 2.33. The Morgan fingerprint density at radius 1 is 1.24 bits per heavy atom. The zero-order chi connectivity index (χ0) is 15.5. The van der Waals surface area contributed by atoms with Gasteiger partial charge >= 0.3 is 0 Å². The van der Waals surface area contributed by atoms with Gasteiger partial charge in [-0.25, -0.2) is 12.8 Å². The highest BCUT2D eigenvalue weighted by Gasteiger charge is 2.19. The van der Waals surface area contributed by atoms with E-state index >= 15 is 0 Å². The number of nitrogens with one attached hydrogen (secondary N) is 1. The van der Waals surface area contributed by atoms with Gasteiger partial charge in [-0.3, -0.25) is 4.72 Å². The number of rotatable bonds is 5. The lowest BCUT2D eigenvalue weighted by Crippen LogP contribution is -2.15. The van der Waals surface area contributed by atoms with Gasteiger partial charge in [0.25, 0.3) is 10.0 Å². The average Bonchev–Trinajstić information content (AvgIpc) is 2.46. The standard InChI is InChI=1S/C14H15FN2O2S2/c1-20-12-4-2-3-11(8-12)17-21(18,19)14-6-5-10(9-16)7-13(14)15/h2-8,17H,9,16H2,1H3. The highest BCUT2D eigenvalue weighted by atomic mass is 32.2. The maximum atomic E-state index is 13.9. The lowest BCUT2D eigenvalue weighted by Gasteiger charge is -2.10. The molecular formula is C14H15FN2O2S2. The van der Waals surface area contributed by atoms with E-state index in [1.54, 1.807) is 18.2 Å². The van der Waals surface area contributed by atoms with Gasteiger partial charge in [-0.05, 0) is 42.2 Å². The highest BCUT2D eigenvalue weighted by Crippen LogP contribution is 2.23. The van der Waals surface area contributed by atoms with Crippen molar-refractivity contribution < 1.29 is 12.8 Å². The van der Waals surface area contributed by atoms with E-state index in [2.05, 4.69) is 4.72 Å². The summed E-state index contributed by atoms with van der Waals surface area (Å²) >= 11 is 1.49. The third kappa shape index (κ3) is 3.75. The van der Waals surface area contributed by atoms with Crippen molar-refractivity contribution in [3.05, 3.63) is 53.8 Å². The van der Waals surface area contributed by atoms with Crippen molar-refractivity contribution in [2.45, 2.75) is 16.3 Å². The molecule has 0 atom stereocenters. The molecule has 21 heavy (non-hydrogen) atoms. The Morgan fingerprint density at radius 2 is 2.00 bits per heavy atom. The minimum Gasteiger partial charge on any atom is -0.326 e. The summed E-state index contributed by atoms with van der Waals surface area (Å²) < 4.78 is 40.7. The van der Waals surface area contributed by atoms with Crippen LogP contribution in [-0.2, 0) is 16.6 Å². The Bertz CT molecular complexity index is 748. The molecule has 2 aromatic carbocycles. The van der Waals surface area contributed by atoms with Gasteiger partial charge in [0.1, 0.15) is 10.7 Å². The molecule has 0 radical (unpaired) electrons. The molecule has 3 N–H and O–H groups in total. The molecule has 0 aromatic heterocycles. The summed E-state index contributed by atoms with van der Waals surface area (Å²) in [6.45, 7) is 0.153. The van der Waals surface area contributed by atoms with E-state index in [-0.39, 0.29) is 6.54 Å². The molecule has 0 bridgehead atoms. The lowest BCUT2D eigenvalue weighted by atomic mass is 10.2. The lowest BCUT2D eigenvalue weighted by molar-refractivity contribution is 0.569. The van der Waals surface area contributed by atoms with Crippen LogP contribution in [0.15, 0.2) is 52.3 Å². The first kappa shape index (κ1) is 15.8. The van der Waals surface area contributed by atoms with Crippen molar-refractivity contribution >= 4 is 27.5 Å². The highest BCUT2D eigenvalue weighted by molar-refractivity contribution is 7.98. The van der Waals surface area contributed by atoms with Crippen LogP contribution in [0.5, 0.6) is 0 Å². The van der Waals surface area contributed by atoms with Crippen LogP contribution >= 0.6 is 11.8 Å². The SMILES string of the molecule is CSc1cccc(NS(=O)(=O)c2ccc(CN)cc2F)c1. The summed E-state index contributed by atoms with van der Waals surface area (Å²) in [7, 11) is -3.97. The summed E-state index contributed by atoms with van der Waals surface area (Å²) in [5.41, 5.74) is 6.33. The molecule has 0 heterocycles. The van der Waals surface area contributed by atoms with Crippen LogP contribution in [0.4, 0.5) is 10.1 Å². The topological polar surface area (TPSA) is 72.2 Å². The van der Waals surface area contributed by atoms with Gasteiger partial charge in [0.15, 0.2) is 0 Å². The molecule has 0 aliphatic carbocycles. The number of benzene rings is 2. The van der Waals surface area contributed by atoms with Crippen LogP contribution in [0.3, 0.4) is 0 Å². The largest absolute Gasteiger partial charge is 0.326 e. The summed E-state index contributed by atoms with van der Waals surface area (Å²) in [4.78, 5) is 0.517. The number of hydrogen-bond acceptors (Lipinski definition) is 4. The summed E-state index contributed by atoms with van der Waals surface area (Å²) in [6.07, 6.45) is 1.89. The molecule has 0 amide bonds. The average molecular weight is 326 g/mol. The van der Waals surface area contributed by atoms with Crippen LogP contribution in [-0.4, -0.2) is 14.7 Å². The van der Waals surface area contributed by atoms with Crippen LogP contribution < -0.4 is 10.5 Å². The van der Waals surface area contributed by atoms with Gasteiger partial charge in [0, 0.05) is 17.1 Å². The minimum atomic E-state index is -3.97. The second-order valence-corrected chi connectivity index (χ2v) is 6.84. The molecule has 0 unspecified atom stereocenters. The number of nitrogens with two attached hydrogens (primary N) is 1. The first-order chi connectivity index (χ1) is 9.96. The molecule has 0 fully saturated rings. The summed E-state index contributed by atoms with van der Waals surface area (Å²) in [5, 5.41) is 0. The quantitative estimate of drug-likeness (QED) is 0.829. The third-order valence-electron chi connectivity index (χ3n) is 2.84. The fourth-order valence-corrected chi connectivity index (χ4v) is 3.36. The third-order valence-corrected chi connectivity index (χ3v) is 4.98. The normalized spacial score (nSPS) is 11.4. The van der Waals surface area contributed by atoms with Gasteiger partial charge in [0.2, 0.25) is 0 Å². The molecule has 4 nitrogen and oxygen atoms in total. The smallest absolute Gasteiger partial charge is 0.264 e. The molecular weight excluding hydrogens is 311 g/mol. The minimum absolute atomic E-state index is 0.153. The molecule has 0 saturated carbocycles. The molecule has 112 valence electrons. The van der Waals surface area contributed by atoms with E-state index in [9.17, 15) is 12.8 Å². The van der Waals surface area contributed by atoms with Crippen LogP contribution in [0.2, 0.25) is 0 Å². The predicted molar refractivity (Wildman–Crippen MR) is 83.3 cm³/mol. The molecule has 0 spiro atoms. The Hall–Kier alpha value is -1.57. The van der Waals surface area contributed by atoms with Crippen LogP contribution in [0.1, 0.15) is 5.56 Å². The zero-order valence-corrected chi connectivity index (χ0v) is 13.0. The van der Waals surface area contributed by atoms with E-state index in [0.717, 1.165) is 11.0 Å². The first-order valence-electron chi connectivity index (χ1n) is 6.11. The second kappa shape index (κ2) is 6.46. The molecule has 7 heteroatoms. The molecule has 0 aliphatic rings. The van der Waals surface area contributed by atoms with Crippen molar-refractivity contribution in [2.24, 2.45) is 5.73 Å². The van der Waals surface area contributed by atoms with Crippen molar-refractivity contribution in [1.29, 1.82) is 0 Å². The van der Waals surface area contributed by atoms with E-state index in [0.29, 0.717) is 11.3 Å². The van der Waals surface area contributed by atoms with Gasteiger partial charge in [0.05, 0.1) is 0 Å². The number of halogens is 1. The second-order valence-electron chi connectivity index (χ2n) is 4.31. The molecule has 2 aromatic rings. The van der Waals surface area contributed by atoms with Crippen molar-refractivity contribution in [3.8, 4) is 0 Å². The predicted octanol–water partition coefficient (Wildman–Crippen LogP) is 2.81. The van der Waals surface area contributed by atoms with Crippen LogP contribution in [0.25, 0.3) is 0 Å². The van der Waals surface area contributed by atoms with Gasteiger partial charge < -0.3 is 5.73 Å². The first-order valence-corrected chi connectivity index (χ1v) is 8.82. The Labute approximate surface area is 127 Å². The van der Waals surface area contributed by atoms with Crippen molar-refractivity contribution in [3.63, 3.8) is 0 Å². The number of thioether (sulfide) groups is 1. The maximum Gasteiger partial charge on any atom is 0.264 e. The Morgan fingerprint density at radius 3 is 2.62 bits per heavy atom. The van der Waals surface area contributed by atoms with E-state index in [1.807, 2.05) is 12.3 Å². The van der Waals surface area contributed by atoms with E-state index < -0.39 is 20.7 Å². The van der Waals surface area contributed by atoms with Gasteiger partial charge in [-0.1, -0.05) is 12.1 Å². The monoisotopic (exact) mass is 326 g/mol. The van der Waals surface area contributed by atoms with Gasteiger partial charge in [-0.15, -0.1) is 11.8 Å². The summed E-state index contributed by atoms with van der Waals surface area (Å²) in [5.74, 6) is -0.813. The fraction of sp³-hybridized carbons (Fsp3) is 0.143. The zero-order valence-electron chi connectivity index (χ0n) is 11.3. The number of anilines is 1. The number of sulfonamides is 1. The molecule has 0 saturated heterocycles. The van der Waals surface area contributed by atoms with E-state index in [1.165, 1.54) is 23.9 Å². The Kier molecular flexibility index (Phi) is 4.87. The van der Waals surface area contributed by atoms with Gasteiger partial charge in [-0.2, -0.15) is 0 Å². The number of hydrogen-bond donors (Lipinski definition) is 2. The van der Waals surface area contributed by atoms with Crippen molar-refractivity contribution in [2.75, 3.05) is 11.0 Å². The molecule has 2 rings (SSSR count).